The van der Waals surface area contributed by atoms with Crippen LogP contribution in [0.1, 0.15) is 29.3 Å². The number of benzene rings is 4. The van der Waals surface area contributed by atoms with E-state index in [9.17, 15) is 9.59 Å². The van der Waals surface area contributed by atoms with Crippen molar-refractivity contribution in [3.8, 4) is 11.1 Å². The van der Waals surface area contributed by atoms with E-state index in [1.54, 1.807) is 0 Å². The molecular formula is C32H30N4O2. The Morgan fingerprint density at radius 2 is 1.50 bits per heavy atom. The van der Waals surface area contributed by atoms with Crippen molar-refractivity contribution in [3.63, 3.8) is 0 Å². The van der Waals surface area contributed by atoms with Crippen molar-refractivity contribution in [2.24, 2.45) is 0 Å². The van der Waals surface area contributed by atoms with Gasteiger partial charge in [0.25, 0.3) is 5.56 Å². The van der Waals surface area contributed by atoms with E-state index in [1.807, 2.05) is 66.7 Å². The highest BCUT2D eigenvalue weighted by molar-refractivity contribution is 5.93. The van der Waals surface area contributed by atoms with Crippen molar-refractivity contribution in [1.29, 1.82) is 0 Å². The summed E-state index contributed by atoms with van der Waals surface area (Å²) in [6.07, 6.45) is 0.623. The summed E-state index contributed by atoms with van der Waals surface area (Å²) in [5, 5.41) is 11.5. The largest absolute Gasteiger partial charge is 0.326 e. The fourth-order valence-electron chi connectivity index (χ4n) is 4.90. The summed E-state index contributed by atoms with van der Waals surface area (Å²) in [5.74, 6) is -0.114. The van der Waals surface area contributed by atoms with Gasteiger partial charge in [-0.05, 0) is 47.0 Å². The summed E-state index contributed by atoms with van der Waals surface area (Å²) in [4.78, 5) is 27.0. The van der Waals surface area contributed by atoms with Gasteiger partial charge in [0.1, 0.15) is 0 Å². The van der Waals surface area contributed by atoms with Gasteiger partial charge in [0.15, 0.2) is 0 Å². The van der Waals surface area contributed by atoms with Crippen LogP contribution in [0.5, 0.6) is 0 Å². The first kappa shape index (κ1) is 25.1. The van der Waals surface area contributed by atoms with Crippen LogP contribution in [0.15, 0.2) is 102 Å². The first-order chi connectivity index (χ1) is 18.5. The van der Waals surface area contributed by atoms with Gasteiger partial charge in [-0.3, -0.25) is 14.5 Å². The Morgan fingerprint density at radius 1 is 0.842 bits per heavy atom. The fourth-order valence-corrected chi connectivity index (χ4v) is 4.90. The molecule has 0 fully saturated rings. The second-order valence-corrected chi connectivity index (χ2v) is 9.59. The Balaban J connectivity index is 1.61. The average Bonchev–Trinajstić information content (AvgIpc) is 2.91. The van der Waals surface area contributed by atoms with Crippen LogP contribution in [0.3, 0.4) is 0 Å². The summed E-state index contributed by atoms with van der Waals surface area (Å²) in [6.45, 7) is 2.82. The molecule has 6 nitrogen and oxygen atoms in total. The Labute approximate surface area is 222 Å². The van der Waals surface area contributed by atoms with Gasteiger partial charge in [-0.1, -0.05) is 84.9 Å². The number of fused-ring (bicyclic) bond motifs is 1. The number of H-pyrrole nitrogens is 1. The molecule has 0 atom stereocenters. The summed E-state index contributed by atoms with van der Waals surface area (Å²) in [6, 6.07) is 32.3. The van der Waals surface area contributed by atoms with Crippen LogP contribution in [0, 0.1) is 0 Å². The van der Waals surface area contributed by atoms with Crippen LogP contribution < -0.4 is 10.9 Å². The monoisotopic (exact) mass is 502 g/mol. The van der Waals surface area contributed by atoms with Crippen LogP contribution in [0.4, 0.5) is 5.69 Å². The number of carbonyl (C=O) groups excluding carboxylic acids is 1. The molecule has 0 radical (unpaired) electrons. The fraction of sp³-hybridized carbons (Fsp3) is 0.156. The molecule has 38 heavy (non-hydrogen) atoms. The molecule has 0 unspecified atom stereocenters. The van der Waals surface area contributed by atoms with Gasteiger partial charge in [-0.25, -0.2) is 5.10 Å². The van der Waals surface area contributed by atoms with Gasteiger partial charge in [-0.15, -0.1) is 0 Å². The van der Waals surface area contributed by atoms with E-state index in [1.165, 1.54) is 12.5 Å². The van der Waals surface area contributed by atoms with E-state index in [0.29, 0.717) is 18.4 Å². The topological polar surface area (TPSA) is 78.1 Å². The summed E-state index contributed by atoms with van der Waals surface area (Å²) < 4.78 is 0. The summed E-state index contributed by atoms with van der Waals surface area (Å²) >= 11 is 0. The van der Waals surface area contributed by atoms with E-state index in [-0.39, 0.29) is 11.5 Å². The van der Waals surface area contributed by atoms with Gasteiger partial charge in [-0.2, -0.15) is 5.10 Å². The number of nitrogens with zero attached hydrogens (tertiary/aromatic N) is 2. The van der Waals surface area contributed by atoms with Crippen LogP contribution in [0.2, 0.25) is 0 Å². The molecule has 1 aromatic heterocycles. The number of carbonyl (C=O) groups is 1. The number of rotatable bonds is 8. The van der Waals surface area contributed by atoms with Crippen molar-refractivity contribution in [2.45, 2.75) is 26.4 Å². The number of anilines is 1. The minimum Gasteiger partial charge on any atom is -0.326 e. The molecule has 190 valence electrons. The van der Waals surface area contributed by atoms with Crippen LogP contribution in [0.25, 0.3) is 21.9 Å². The minimum absolute atomic E-state index is 0.114. The zero-order valence-electron chi connectivity index (χ0n) is 21.6. The average molecular weight is 503 g/mol. The quantitative estimate of drug-likeness (QED) is 0.282. The third-order valence-electron chi connectivity index (χ3n) is 6.60. The zero-order chi connectivity index (χ0) is 26.5. The lowest BCUT2D eigenvalue weighted by atomic mass is 9.93. The molecule has 0 spiro atoms. The van der Waals surface area contributed by atoms with Crippen LogP contribution in [-0.4, -0.2) is 28.1 Å². The minimum atomic E-state index is -0.198. The maximum atomic E-state index is 13.3. The molecule has 5 rings (SSSR count). The van der Waals surface area contributed by atoms with E-state index in [2.05, 4.69) is 57.8 Å². The first-order valence-corrected chi connectivity index (χ1v) is 12.7. The SMILES string of the molecule is CC(=O)Nc1ccc(-c2ccc3c(Cc4ccccc4)n[nH]c(=O)c3c2CN(C)Cc2ccccc2)cc1. The highest BCUT2D eigenvalue weighted by atomic mass is 16.1. The normalized spacial score (nSPS) is 11.1. The molecule has 1 amide bonds. The molecule has 1 heterocycles. The van der Waals surface area contributed by atoms with E-state index < -0.39 is 0 Å². The molecule has 0 aliphatic rings. The van der Waals surface area contributed by atoms with Gasteiger partial charge in [0.2, 0.25) is 5.91 Å². The molecule has 0 aliphatic heterocycles. The predicted octanol–water partition coefficient (Wildman–Crippen LogP) is 5.77. The number of aromatic amines is 1. The van der Waals surface area contributed by atoms with Crippen molar-refractivity contribution >= 4 is 22.4 Å². The molecule has 4 aromatic carbocycles. The molecule has 5 aromatic rings. The number of amides is 1. The zero-order valence-corrected chi connectivity index (χ0v) is 21.6. The number of aromatic nitrogens is 2. The molecular weight excluding hydrogens is 472 g/mol. The molecule has 0 saturated carbocycles. The number of nitrogens with one attached hydrogen (secondary N) is 2. The number of hydrogen-bond acceptors (Lipinski definition) is 4. The maximum absolute atomic E-state index is 13.3. The molecule has 0 aliphatic carbocycles. The Bertz CT molecular complexity index is 1610. The Hall–Kier alpha value is -4.55. The first-order valence-electron chi connectivity index (χ1n) is 12.7. The van der Waals surface area contributed by atoms with E-state index >= 15 is 0 Å². The lowest BCUT2D eigenvalue weighted by Crippen LogP contribution is -2.21. The van der Waals surface area contributed by atoms with Gasteiger partial charge < -0.3 is 5.32 Å². The van der Waals surface area contributed by atoms with Crippen LogP contribution >= 0.6 is 0 Å². The standard InChI is InChI=1S/C32H30N4O2/c1-22(37)33-26-15-13-25(14-16-26)27-17-18-28-30(19-23-9-5-3-6-10-23)34-35-32(38)31(28)29(27)21-36(2)20-24-11-7-4-8-12-24/h3-18H,19-21H2,1-2H3,(H,33,37)(H,35,38). The molecule has 0 bridgehead atoms. The molecule has 2 N–H and O–H groups in total. The van der Waals surface area contributed by atoms with Crippen LogP contribution in [-0.2, 0) is 24.3 Å². The van der Waals surface area contributed by atoms with Gasteiger partial charge in [0.05, 0.1) is 11.1 Å². The third-order valence-corrected chi connectivity index (χ3v) is 6.60. The Kier molecular flexibility index (Phi) is 7.43. The van der Waals surface area contributed by atoms with Gasteiger partial charge >= 0.3 is 0 Å². The van der Waals surface area contributed by atoms with Crippen molar-refractivity contribution in [1.82, 2.24) is 15.1 Å². The smallest absolute Gasteiger partial charge is 0.272 e. The maximum Gasteiger partial charge on any atom is 0.272 e. The predicted molar refractivity (Wildman–Crippen MR) is 153 cm³/mol. The molecule has 0 saturated heterocycles. The van der Waals surface area contributed by atoms with Crippen molar-refractivity contribution in [2.75, 3.05) is 12.4 Å². The number of hydrogen-bond donors (Lipinski definition) is 2. The second-order valence-electron chi connectivity index (χ2n) is 9.59. The van der Waals surface area contributed by atoms with Crippen molar-refractivity contribution in [3.05, 3.63) is 130 Å². The third kappa shape index (κ3) is 5.71. The summed E-state index contributed by atoms with van der Waals surface area (Å²) in [7, 11) is 2.07. The van der Waals surface area contributed by atoms with E-state index in [0.717, 1.165) is 45.6 Å². The lowest BCUT2D eigenvalue weighted by molar-refractivity contribution is -0.114. The lowest BCUT2D eigenvalue weighted by Gasteiger charge is -2.21. The second kappa shape index (κ2) is 11.2. The summed E-state index contributed by atoms with van der Waals surface area (Å²) in [5.41, 5.74) is 6.62. The highest BCUT2D eigenvalue weighted by Crippen LogP contribution is 2.32. The van der Waals surface area contributed by atoms with Gasteiger partial charge in [0, 0.05) is 37.5 Å². The van der Waals surface area contributed by atoms with E-state index in [4.69, 9.17) is 0 Å². The van der Waals surface area contributed by atoms with Crippen molar-refractivity contribution < 1.29 is 4.79 Å². The highest BCUT2D eigenvalue weighted by Gasteiger charge is 2.18. The molecule has 6 heteroatoms. The Morgan fingerprint density at radius 3 is 2.16 bits per heavy atom.